The van der Waals surface area contributed by atoms with Gasteiger partial charge >= 0.3 is 6.03 Å². The zero-order chi connectivity index (χ0) is 22.7. The van der Waals surface area contributed by atoms with Crippen molar-refractivity contribution in [3.8, 4) is 11.5 Å². The Balaban J connectivity index is 1.25. The van der Waals surface area contributed by atoms with Crippen molar-refractivity contribution in [2.24, 2.45) is 0 Å². The van der Waals surface area contributed by atoms with Gasteiger partial charge in [0.1, 0.15) is 18.8 Å². The van der Waals surface area contributed by atoms with Gasteiger partial charge in [-0.15, -0.1) is 0 Å². The fourth-order valence-corrected chi connectivity index (χ4v) is 3.73. The highest BCUT2D eigenvalue weighted by Gasteiger charge is 2.39. The van der Waals surface area contributed by atoms with Crippen LogP contribution in [0.3, 0.4) is 0 Å². The van der Waals surface area contributed by atoms with E-state index in [9.17, 15) is 14.4 Å². The number of urea groups is 1. The number of nitrogens with zero attached hydrogens (tertiary/aromatic N) is 1. The molecule has 168 valence electrons. The summed E-state index contributed by atoms with van der Waals surface area (Å²) in [6, 6.07) is 13.6. The molecule has 0 unspecified atom stereocenters. The van der Waals surface area contributed by atoms with Gasteiger partial charge < -0.3 is 20.1 Å². The molecule has 1 fully saturated rings. The third kappa shape index (κ3) is 4.69. The van der Waals surface area contributed by atoms with Crippen LogP contribution in [0.4, 0.5) is 10.5 Å². The van der Waals surface area contributed by atoms with Crippen LogP contribution in [-0.2, 0) is 9.59 Å². The second kappa shape index (κ2) is 9.30. The van der Waals surface area contributed by atoms with E-state index in [0.29, 0.717) is 36.3 Å². The third-order valence-corrected chi connectivity index (χ3v) is 5.59. The summed E-state index contributed by atoms with van der Waals surface area (Å²) in [7, 11) is 0. The van der Waals surface area contributed by atoms with Crippen LogP contribution >= 0.6 is 0 Å². The van der Waals surface area contributed by atoms with Crippen molar-refractivity contribution in [2.45, 2.75) is 44.8 Å². The molecule has 2 aromatic carbocycles. The second-order valence-electron chi connectivity index (χ2n) is 8.26. The van der Waals surface area contributed by atoms with Crippen LogP contribution in [-0.4, -0.2) is 43.1 Å². The summed E-state index contributed by atoms with van der Waals surface area (Å²) in [6.45, 7) is 4.80. The lowest BCUT2D eigenvalue weighted by Gasteiger charge is -2.26. The van der Waals surface area contributed by atoms with Crippen molar-refractivity contribution in [2.75, 3.05) is 18.1 Å². The van der Waals surface area contributed by atoms with Crippen molar-refractivity contribution in [3.63, 3.8) is 0 Å². The number of nitrogens with one attached hydrogen (secondary N) is 2. The average Bonchev–Trinajstić information content (AvgIpc) is 3.09. The van der Waals surface area contributed by atoms with E-state index in [1.54, 1.807) is 12.1 Å². The molecule has 8 nitrogen and oxygen atoms in total. The van der Waals surface area contributed by atoms with Crippen LogP contribution in [0.1, 0.15) is 38.2 Å². The van der Waals surface area contributed by atoms with Crippen molar-refractivity contribution in [1.29, 1.82) is 0 Å². The van der Waals surface area contributed by atoms with E-state index in [2.05, 4.69) is 24.5 Å². The smallest absolute Gasteiger partial charge is 0.329 e. The Morgan fingerprint density at radius 1 is 1.12 bits per heavy atom. The Bertz CT molecular complexity index is 1000. The molecule has 2 aliphatic heterocycles. The van der Waals surface area contributed by atoms with Gasteiger partial charge in [0, 0.05) is 6.42 Å². The molecule has 0 radical (unpaired) electrons. The molecule has 2 N–H and O–H groups in total. The summed E-state index contributed by atoms with van der Waals surface area (Å²) in [5.41, 5.74) is 1.66. The van der Waals surface area contributed by atoms with Gasteiger partial charge in [0.25, 0.3) is 5.91 Å². The molecular weight excluding hydrogens is 410 g/mol. The highest BCUT2D eigenvalue weighted by atomic mass is 16.6. The van der Waals surface area contributed by atoms with E-state index < -0.39 is 12.1 Å². The first-order chi connectivity index (χ1) is 15.4. The molecule has 0 spiro atoms. The molecule has 1 saturated heterocycles. The van der Waals surface area contributed by atoms with Crippen molar-refractivity contribution >= 4 is 23.5 Å². The van der Waals surface area contributed by atoms with Gasteiger partial charge in [-0.2, -0.15) is 0 Å². The normalized spacial score (nSPS) is 19.8. The van der Waals surface area contributed by atoms with E-state index in [1.165, 1.54) is 0 Å². The molecule has 2 aliphatic rings. The predicted molar refractivity (Wildman–Crippen MR) is 119 cm³/mol. The van der Waals surface area contributed by atoms with E-state index in [-0.39, 0.29) is 30.8 Å². The lowest BCUT2D eigenvalue weighted by Crippen LogP contribution is -2.41. The van der Waals surface area contributed by atoms with Gasteiger partial charge in [-0.25, -0.2) is 9.69 Å². The Labute approximate surface area is 186 Å². The number of para-hydroxylation sites is 2. The van der Waals surface area contributed by atoms with E-state index in [1.807, 2.05) is 36.4 Å². The van der Waals surface area contributed by atoms with Gasteiger partial charge in [0.05, 0.1) is 12.2 Å². The predicted octanol–water partition coefficient (Wildman–Crippen LogP) is 2.97. The zero-order valence-corrected chi connectivity index (χ0v) is 18.2. The highest BCUT2D eigenvalue weighted by molar-refractivity contribution is 6.21. The van der Waals surface area contributed by atoms with Crippen molar-refractivity contribution < 1.29 is 23.9 Å². The van der Waals surface area contributed by atoms with Crippen LogP contribution in [0, 0.1) is 0 Å². The zero-order valence-electron chi connectivity index (χ0n) is 18.2. The third-order valence-electron chi connectivity index (χ3n) is 5.59. The SMILES string of the molecule is CC(C)c1ccc(N2C(=O)N[C@H](CCC(=O)NC[C@H]3COc4ccccc4O3)C2=O)cc1. The van der Waals surface area contributed by atoms with E-state index in [0.717, 1.165) is 10.5 Å². The van der Waals surface area contributed by atoms with Crippen LogP contribution < -0.4 is 25.0 Å². The first kappa shape index (κ1) is 21.7. The summed E-state index contributed by atoms with van der Waals surface area (Å²) >= 11 is 0. The summed E-state index contributed by atoms with van der Waals surface area (Å²) in [6.07, 6.45) is 0.0500. The molecule has 8 heteroatoms. The fraction of sp³-hybridized carbons (Fsp3) is 0.375. The minimum atomic E-state index is -0.723. The molecular formula is C24H27N3O5. The second-order valence-corrected chi connectivity index (χ2v) is 8.26. The largest absolute Gasteiger partial charge is 0.486 e. The van der Waals surface area contributed by atoms with Crippen LogP contribution in [0.25, 0.3) is 0 Å². The Morgan fingerprint density at radius 3 is 2.56 bits per heavy atom. The summed E-state index contributed by atoms with van der Waals surface area (Å²) in [5.74, 6) is 1.14. The summed E-state index contributed by atoms with van der Waals surface area (Å²) < 4.78 is 11.5. The Morgan fingerprint density at radius 2 is 1.84 bits per heavy atom. The maximum absolute atomic E-state index is 12.7. The first-order valence-electron chi connectivity index (χ1n) is 10.8. The van der Waals surface area contributed by atoms with Gasteiger partial charge in [-0.05, 0) is 42.2 Å². The number of imide groups is 1. The molecule has 2 aromatic rings. The molecule has 32 heavy (non-hydrogen) atoms. The fourth-order valence-electron chi connectivity index (χ4n) is 3.73. The number of hydrogen-bond acceptors (Lipinski definition) is 5. The first-order valence-corrected chi connectivity index (χ1v) is 10.8. The Kier molecular flexibility index (Phi) is 6.30. The van der Waals surface area contributed by atoms with Crippen molar-refractivity contribution in [1.82, 2.24) is 10.6 Å². The van der Waals surface area contributed by atoms with E-state index in [4.69, 9.17) is 9.47 Å². The molecule has 0 aliphatic carbocycles. The molecule has 2 atom stereocenters. The minimum absolute atomic E-state index is 0.112. The van der Waals surface area contributed by atoms with Crippen LogP contribution in [0.5, 0.6) is 11.5 Å². The molecule has 0 aromatic heterocycles. The molecule has 0 bridgehead atoms. The maximum atomic E-state index is 12.7. The lowest BCUT2D eigenvalue weighted by atomic mass is 10.0. The minimum Gasteiger partial charge on any atom is -0.486 e. The molecule has 4 rings (SSSR count). The standard InChI is InChI=1S/C24H27N3O5/c1-15(2)16-7-9-17(10-8-16)27-23(29)19(26-24(27)30)11-12-22(28)25-13-18-14-31-20-5-3-4-6-21(20)32-18/h3-10,15,18-19H,11-14H2,1-2H3,(H,25,28)(H,26,30)/t18-,19+/m0/s1. The Hall–Kier alpha value is -3.55. The number of hydrogen-bond donors (Lipinski definition) is 2. The van der Waals surface area contributed by atoms with Crippen LogP contribution in [0.15, 0.2) is 48.5 Å². The number of fused-ring (bicyclic) bond motifs is 1. The maximum Gasteiger partial charge on any atom is 0.329 e. The van der Waals surface area contributed by atoms with Gasteiger partial charge in [-0.1, -0.05) is 38.1 Å². The number of rotatable bonds is 7. The van der Waals surface area contributed by atoms with Crippen LogP contribution in [0.2, 0.25) is 0 Å². The topological polar surface area (TPSA) is 97.0 Å². The number of amides is 4. The highest BCUT2D eigenvalue weighted by Crippen LogP contribution is 2.30. The van der Waals surface area contributed by atoms with Gasteiger partial charge in [0.15, 0.2) is 11.5 Å². The molecule has 4 amide bonds. The van der Waals surface area contributed by atoms with Crippen molar-refractivity contribution in [3.05, 3.63) is 54.1 Å². The number of ether oxygens (including phenoxy) is 2. The summed E-state index contributed by atoms with van der Waals surface area (Å²) in [4.78, 5) is 38.5. The molecule has 2 heterocycles. The monoisotopic (exact) mass is 437 g/mol. The van der Waals surface area contributed by atoms with Gasteiger partial charge in [-0.3, -0.25) is 9.59 Å². The number of anilines is 1. The van der Waals surface area contributed by atoms with E-state index >= 15 is 0 Å². The quantitative estimate of drug-likeness (QED) is 0.649. The van der Waals surface area contributed by atoms with Gasteiger partial charge in [0.2, 0.25) is 5.91 Å². The number of benzene rings is 2. The molecule has 0 saturated carbocycles. The average molecular weight is 437 g/mol. The number of carbonyl (C=O) groups excluding carboxylic acids is 3. The number of carbonyl (C=O) groups is 3. The lowest BCUT2D eigenvalue weighted by molar-refractivity contribution is -0.122. The summed E-state index contributed by atoms with van der Waals surface area (Å²) in [5, 5.41) is 5.49.